The third-order valence-electron chi connectivity index (χ3n) is 2.24. The molecule has 0 atom stereocenters. The Kier molecular flexibility index (Phi) is 1.44. The zero-order valence-electron chi connectivity index (χ0n) is 7.40. The topological polar surface area (TPSA) is 41.8 Å². The van der Waals surface area contributed by atoms with Gasteiger partial charge in [0.2, 0.25) is 0 Å². The average molecular weight is 184 g/mol. The van der Waals surface area contributed by atoms with E-state index in [0.29, 0.717) is 0 Å². The number of nitrogens with zero attached hydrogens (tertiary/aromatic N) is 1. The van der Waals surface area contributed by atoms with Crippen LogP contribution in [-0.2, 0) is 0 Å². The largest absolute Gasteiger partial charge is 0.443 e. The van der Waals surface area contributed by atoms with E-state index in [1.165, 1.54) is 6.39 Å². The van der Waals surface area contributed by atoms with Gasteiger partial charge in [0.1, 0.15) is 5.52 Å². The summed E-state index contributed by atoms with van der Waals surface area (Å²) < 4.78 is 5.17. The Morgan fingerprint density at radius 3 is 3.07 bits per heavy atom. The molecule has 2 aromatic heterocycles. The van der Waals surface area contributed by atoms with Gasteiger partial charge >= 0.3 is 0 Å². The fourth-order valence-corrected chi connectivity index (χ4v) is 1.54. The van der Waals surface area contributed by atoms with Crippen molar-refractivity contribution < 1.29 is 4.42 Å². The monoisotopic (exact) mass is 184 g/mol. The van der Waals surface area contributed by atoms with E-state index in [-0.39, 0.29) is 0 Å². The van der Waals surface area contributed by atoms with E-state index in [1.807, 2.05) is 36.5 Å². The van der Waals surface area contributed by atoms with Crippen molar-refractivity contribution in [3.05, 3.63) is 42.9 Å². The Balaban J connectivity index is 2.23. The average Bonchev–Trinajstić information content (AvgIpc) is 2.88. The zero-order chi connectivity index (χ0) is 9.38. The molecule has 0 unspecified atom stereocenters. The van der Waals surface area contributed by atoms with E-state index in [9.17, 15) is 0 Å². The fraction of sp³-hybridized carbons (Fsp3) is 0. The summed E-state index contributed by atoms with van der Waals surface area (Å²) in [6, 6.07) is 9.95. The number of rotatable bonds is 1. The zero-order valence-corrected chi connectivity index (χ0v) is 7.40. The molecule has 0 fully saturated rings. The summed E-state index contributed by atoms with van der Waals surface area (Å²) in [4.78, 5) is 7.26. The summed E-state index contributed by atoms with van der Waals surface area (Å²) in [5.41, 5.74) is 3.92. The van der Waals surface area contributed by atoms with Gasteiger partial charge in [-0.25, -0.2) is 4.98 Å². The minimum Gasteiger partial charge on any atom is -0.443 e. The molecule has 0 aliphatic rings. The molecular formula is C11H8N2O. The van der Waals surface area contributed by atoms with Crippen molar-refractivity contribution in [1.82, 2.24) is 9.97 Å². The summed E-state index contributed by atoms with van der Waals surface area (Å²) in [7, 11) is 0. The van der Waals surface area contributed by atoms with Crippen LogP contribution in [-0.4, -0.2) is 9.97 Å². The first-order valence-corrected chi connectivity index (χ1v) is 4.40. The van der Waals surface area contributed by atoms with Crippen LogP contribution in [0, 0.1) is 0 Å². The quantitative estimate of drug-likeness (QED) is 0.631. The number of aromatic amines is 1. The van der Waals surface area contributed by atoms with Crippen LogP contribution in [0.4, 0.5) is 0 Å². The molecule has 1 N–H and O–H groups in total. The minimum absolute atomic E-state index is 0.820. The van der Waals surface area contributed by atoms with Crippen molar-refractivity contribution in [2.75, 3.05) is 0 Å². The molecule has 2 heterocycles. The van der Waals surface area contributed by atoms with E-state index in [0.717, 1.165) is 22.4 Å². The molecule has 3 heteroatoms. The second-order valence-electron chi connectivity index (χ2n) is 3.12. The maximum Gasteiger partial charge on any atom is 0.181 e. The molecule has 3 nitrogen and oxygen atoms in total. The lowest BCUT2D eigenvalue weighted by Crippen LogP contribution is -1.76. The number of nitrogens with one attached hydrogen (secondary N) is 1. The van der Waals surface area contributed by atoms with Crippen molar-refractivity contribution in [2.45, 2.75) is 0 Å². The number of fused-ring (bicyclic) bond motifs is 1. The number of aromatic nitrogens is 2. The maximum atomic E-state index is 5.17. The number of oxazole rings is 1. The maximum absolute atomic E-state index is 5.17. The molecule has 0 saturated carbocycles. The highest BCUT2D eigenvalue weighted by Gasteiger charge is 2.02. The van der Waals surface area contributed by atoms with E-state index in [2.05, 4.69) is 9.97 Å². The van der Waals surface area contributed by atoms with Crippen LogP contribution in [0.3, 0.4) is 0 Å². The van der Waals surface area contributed by atoms with E-state index in [1.54, 1.807) is 0 Å². The molecule has 0 saturated heterocycles. The Morgan fingerprint density at radius 2 is 2.21 bits per heavy atom. The summed E-state index contributed by atoms with van der Waals surface area (Å²) >= 11 is 0. The standard InChI is InChI=1S/C11H8N2O/c1-2-9(12-5-1)8-3-4-11-10(6-8)13-7-14-11/h1-7,12H. The number of H-pyrrole nitrogens is 1. The van der Waals surface area contributed by atoms with Gasteiger partial charge in [-0.15, -0.1) is 0 Å². The van der Waals surface area contributed by atoms with Gasteiger partial charge in [-0.2, -0.15) is 0 Å². The predicted octanol–water partition coefficient (Wildman–Crippen LogP) is 2.82. The summed E-state index contributed by atoms with van der Waals surface area (Å²) in [6.07, 6.45) is 3.37. The minimum atomic E-state index is 0.820. The first-order valence-electron chi connectivity index (χ1n) is 4.40. The van der Waals surface area contributed by atoms with Crippen LogP contribution in [0.25, 0.3) is 22.4 Å². The molecule has 0 aliphatic carbocycles. The first kappa shape index (κ1) is 7.38. The normalized spacial score (nSPS) is 10.9. The van der Waals surface area contributed by atoms with Crippen LogP contribution in [0.1, 0.15) is 0 Å². The van der Waals surface area contributed by atoms with Crippen LogP contribution in [0.2, 0.25) is 0 Å². The Hall–Kier alpha value is -2.03. The second-order valence-corrected chi connectivity index (χ2v) is 3.12. The summed E-state index contributed by atoms with van der Waals surface area (Å²) in [6.45, 7) is 0. The van der Waals surface area contributed by atoms with E-state index >= 15 is 0 Å². The van der Waals surface area contributed by atoms with Gasteiger partial charge < -0.3 is 9.40 Å². The van der Waals surface area contributed by atoms with E-state index < -0.39 is 0 Å². The molecule has 1 aromatic carbocycles. The Bertz CT molecular complexity index is 551. The highest BCUT2D eigenvalue weighted by atomic mass is 16.3. The molecule has 0 spiro atoms. The number of hydrogen-bond acceptors (Lipinski definition) is 2. The lowest BCUT2D eigenvalue weighted by atomic mass is 10.1. The van der Waals surface area contributed by atoms with E-state index in [4.69, 9.17) is 4.42 Å². The smallest absolute Gasteiger partial charge is 0.181 e. The van der Waals surface area contributed by atoms with Crippen molar-refractivity contribution in [2.24, 2.45) is 0 Å². The Labute approximate surface area is 80.4 Å². The van der Waals surface area contributed by atoms with Crippen molar-refractivity contribution in [3.8, 4) is 11.3 Å². The van der Waals surface area contributed by atoms with Gasteiger partial charge in [0.15, 0.2) is 12.0 Å². The fourth-order valence-electron chi connectivity index (χ4n) is 1.54. The molecule has 3 aromatic rings. The molecule has 68 valence electrons. The van der Waals surface area contributed by atoms with Gasteiger partial charge in [-0.05, 0) is 30.3 Å². The van der Waals surface area contributed by atoms with Gasteiger partial charge in [0.05, 0.1) is 0 Å². The van der Waals surface area contributed by atoms with Crippen molar-refractivity contribution in [3.63, 3.8) is 0 Å². The van der Waals surface area contributed by atoms with Gasteiger partial charge in [0.25, 0.3) is 0 Å². The predicted molar refractivity (Wildman–Crippen MR) is 53.8 cm³/mol. The van der Waals surface area contributed by atoms with Gasteiger partial charge in [0, 0.05) is 17.5 Å². The molecule has 0 aliphatic heterocycles. The van der Waals surface area contributed by atoms with Crippen LogP contribution in [0.5, 0.6) is 0 Å². The molecular weight excluding hydrogens is 176 g/mol. The third-order valence-corrected chi connectivity index (χ3v) is 2.24. The SMILES string of the molecule is c1c[nH]c(-c2ccc3ocnc3c2)c1. The number of hydrogen-bond donors (Lipinski definition) is 1. The van der Waals surface area contributed by atoms with Crippen LogP contribution >= 0.6 is 0 Å². The third kappa shape index (κ3) is 1.03. The lowest BCUT2D eigenvalue weighted by molar-refractivity contribution is 0.602. The molecule has 0 amide bonds. The number of benzene rings is 1. The summed E-state index contributed by atoms with van der Waals surface area (Å²) in [5, 5.41) is 0. The summed E-state index contributed by atoms with van der Waals surface area (Å²) in [5.74, 6) is 0. The highest BCUT2D eigenvalue weighted by Crippen LogP contribution is 2.21. The molecule has 0 radical (unpaired) electrons. The molecule has 3 rings (SSSR count). The lowest BCUT2D eigenvalue weighted by Gasteiger charge is -1.96. The van der Waals surface area contributed by atoms with Crippen molar-refractivity contribution in [1.29, 1.82) is 0 Å². The van der Waals surface area contributed by atoms with Crippen LogP contribution in [0.15, 0.2) is 47.3 Å². The van der Waals surface area contributed by atoms with Crippen LogP contribution < -0.4 is 0 Å². The molecule has 0 bridgehead atoms. The van der Waals surface area contributed by atoms with Gasteiger partial charge in [-0.3, -0.25) is 0 Å². The Morgan fingerprint density at radius 1 is 1.21 bits per heavy atom. The molecule has 14 heavy (non-hydrogen) atoms. The highest BCUT2D eigenvalue weighted by molar-refractivity contribution is 5.78. The second kappa shape index (κ2) is 2.73. The first-order chi connectivity index (χ1) is 6.93. The van der Waals surface area contributed by atoms with Crippen molar-refractivity contribution >= 4 is 11.1 Å². The van der Waals surface area contributed by atoms with Gasteiger partial charge in [-0.1, -0.05) is 0 Å².